The first-order valence-corrected chi connectivity index (χ1v) is 8.34. The monoisotopic (exact) mass is 384 g/mol. The van der Waals surface area contributed by atoms with E-state index in [2.05, 4.69) is 10.6 Å². The Hall–Kier alpha value is -1.75. The van der Waals surface area contributed by atoms with Crippen LogP contribution in [0.2, 0.25) is 15.1 Å². The van der Waals surface area contributed by atoms with Crippen LogP contribution in [0.25, 0.3) is 0 Å². The zero-order valence-corrected chi connectivity index (χ0v) is 14.9. The van der Waals surface area contributed by atoms with Gasteiger partial charge in [-0.15, -0.1) is 0 Å². The molecule has 126 valence electrons. The molecule has 2 aromatic rings. The maximum atomic E-state index is 11.9. The first-order valence-electron chi connectivity index (χ1n) is 7.20. The zero-order chi connectivity index (χ0) is 17.5. The van der Waals surface area contributed by atoms with Gasteiger partial charge in [0, 0.05) is 11.6 Å². The van der Waals surface area contributed by atoms with E-state index in [1.807, 2.05) is 12.1 Å². The van der Waals surface area contributed by atoms with E-state index in [-0.39, 0.29) is 12.3 Å². The lowest BCUT2D eigenvalue weighted by molar-refractivity contribution is -0.126. The number of nitrogens with one attached hydrogen (secondary N) is 2. The summed E-state index contributed by atoms with van der Waals surface area (Å²) in [5.41, 5.74) is 1.35. The van der Waals surface area contributed by atoms with Gasteiger partial charge in [-0.05, 0) is 36.2 Å². The van der Waals surface area contributed by atoms with Crippen molar-refractivity contribution in [2.75, 3.05) is 11.9 Å². The molecule has 0 spiro atoms. The number of hydrogen-bond acceptors (Lipinski definition) is 2. The standard InChI is InChI=1S/C17H15Cl3N2O2/c18-12-6-4-11(5-7-12)8-9-21-15(23)10-16(24)22-17-13(19)2-1-3-14(17)20/h1-7H,8-10H2,(H,21,23)(H,22,24). The molecule has 2 N–H and O–H groups in total. The molecule has 0 aliphatic rings. The van der Waals surface area contributed by atoms with Gasteiger partial charge in [-0.1, -0.05) is 53.0 Å². The quantitative estimate of drug-likeness (QED) is 0.727. The van der Waals surface area contributed by atoms with Crippen LogP contribution in [0, 0.1) is 0 Å². The van der Waals surface area contributed by atoms with Crippen LogP contribution in [0.5, 0.6) is 0 Å². The van der Waals surface area contributed by atoms with Crippen LogP contribution in [0.15, 0.2) is 42.5 Å². The number of benzene rings is 2. The van der Waals surface area contributed by atoms with Gasteiger partial charge in [-0.3, -0.25) is 9.59 Å². The highest BCUT2D eigenvalue weighted by molar-refractivity contribution is 6.39. The minimum absolute atomic E-state index is 0.303. The SMILES string of the molecule is O=C(CC(=O)Nc1c(Cl)cccc1Cl)NCCc1ccc(Cl)cc1. The molecule has 0 atom stereocenters. The fourth-order valence-corrected chi connectivity index (χ4v) is 2.62. The van der Waals surface area contributed by atoms with E-state index in [0.29, 0.717) is 33.7 Å². The van der Waals surface area contributed by atoms with Crippen molar-refractivity contribution >= 4 is 52.3 Å². The predicted molar refractivity (Wildman–Crippen MR) is 97.9 cm³/mol. The van der Waals surface area contributed by atoms with Crippen molar-refractivity contribution in [3.05, 3.63) is 63.1 Å². The Morgan fingerprint density at radius 1 is 0.875 bits per heavy atom. The van der Waals surface area contributed by atoms with Crippen LogP contribution in [0.4, 0.5) is 5.69 Å². The second-order valence-corrected chi connectivity index (χ2v) is 6.30. The van der Waals surface area contributed by atoms with Gasteiger partial charge in [0.2, 0.25) is 11.8 Å². The van der Waals surface area contributed by atoms with Gasteiger partial charge in [0.15, 0.2) is 0 Å². The number of hydrogen-bond donors (Lipinski definition) is 2. The van der Waals surface area contributed by atoms with Gasteiger partial charge < -0.3 is 10.6 Å². The average Bonchev–Trinajstić information content (AvgIpc) is 2.53. The molecule has 2 rings (SSSR count). The smallest absolute Gasteiger partial charge is 0.233 e. The molecule has 0 aromatic heterocycles. The van der Waals surface area contributed by atoms with Gasteiger partial charge in [0.1, 0.15) is 6.42 Å². The number of rotatable bonds is 6. The molecular formula is C17H15Cl3N2O2. The van der Waals surface area contributed by atoms with Gasteiger partial charge in [-0.25, -0.2) is 0 Å². The Morgan fingerprint density at radius 3 is 2.12 bits per heavy atom. The summed E-state index contributed by atoms with van der Waals surface area (Å²) in [7, 11) is 0. The topological polar surface area (TPSA) is 58.2 Å². The minimum atomic E-state index is -0.478. The summed E-state index contributed by atoms with van der Waals surface area (Å²) in [6.45, 7) is 0.431. The molecule has 0 bridgehead atoms. The number of carbonyl (C=O) groups is 2. The predicted octanol–water partition coefficient (Wildman–Crippen LogP) is 4.33. The third-order valence-electron chi connectivity index (χ3n) is 3.20. The molecule has 24 heavy (non-hydrogen) atoms. The average molecular weight is 386 g/mol. The highest BCUT2D eigenvalue weighted by Gasteiger charge is 2.13. The first-order chi connectivity index (χ1) is 11.5. The van der Waals surface area contributed by atoms with Gasteiger partial charge in [0.05, 0.1) is 15.7 Å². The molecule has 0 unspecified atom stereocenters. The summed E-state index contributed by atoms with van der Waals surface area (Å²) >= 11 is 17.7. The molecule has 0 saturated carbocycles. The number of para-hydroxylation sites is 1. The third-order valence-corrected chi connectivity index (χ3v) is 4.08. The van der Waals surface area contributed by atoms with Crippen molar-refractivity contribution in [3.8, 4) is 0 Å². The molecular weight excluding hydrogens is 371 g/mol. The number of amides is 2. The molecule has 2 aromatic carbocycles. The molecule has 2 amide bonds. The summed E-state index contributed by atoms with van der Waals surface area (Å²) in [4.78, 5) is 23.7. The molecule has 0 saturated heterocycles. The highest BCUT2D eigenvalue weighted by Crippen LogP contribution is 2.29. The number of halogens is 3. The fourth-order valence-electron chi connectivity index (χ4n) is 2.01. The van der Waals surface area contributed by atoms with Gasteiger partial charge in [0.25, 0.3) is 0 Å². The van der Waals surface area contributed by atoms with Crippen molar-refractivity contribution in [1.82, 2.24) is 5.32 Å². The lowest BCUT2D eigenvalue weighted by atomic mass is 10.1. The van der Waals surface area contributed by atoms with Crippen molar-refractivity contribution in [1.29, 1.82) is 0 Å². The number of carbonyl (C=O) groups excluding carboxylic acids is 2. The Labute approximate surface area is 155 Å². The van der Waals surface area contributed by atoms with E-state index in [1.165, 1.54) is 0 Å². The molecule has 0 aliphatic carbocycles. The molecule has 0 aliphatic heterocycles. The summed E-state index contributed by atoms with van der Waals surface area (Å²) in [6.07, 6.45) is 0.350. The third kappa shape index (κ3) is 5.71. The molecule has 0 heterocycles. The second kappa shape index (κ2) is 8.92. The van der Waals surface area contributed by atoms with Gasteiger partial charge in [-0.2, -0.15) is 0 Å². The van der Waals surface area contributed by atoms with Crippen LogP contribution in [0.3, 0.4) is 0 Å². The van der Waals surface area contributed by atoms with E-state index in [1.54, 1.807) is 30.3 Å². The molecule has 0 fully saturated rings. The maximum Gasteiger partial charge on any atom is 0.233 e. The van der Waals surface area contributed by atoms with E-state index < -0.39 is 5.91 Å². The highest BCUT2D eigenvalue weighted by atomic mass is 35.5. The lowest BCUT2D eigenvalue weighted by Gasteiger charge is -2.09. The Balaban J connectivity index is 1.77. The summed E-state index contributed by atoms with van der Waals surface area (Å²) < 4.78 is 0. The van der Waals surface area contributed by atoms with Crippen molar-refractivity contribution in [2.45, 2.75) is 12.8 Å². The first kappa shape index (κ1) is 18.6. The van der Waals surface area contributed by atoms with Crippen LogP contribution in [0.1, 0.15) is 12.0 Å². The molecule has 0 radical (unpaired) electrons. The molecule has 7 heteroatoms. The largest absolute Gasteiger partial charge is 0.355 e. The van der Waals surface area contributed by atoms with E-state index in [0.717, 1.165) is 5.56 Å². The van der Waals surface area contributed by atoms with Crippen molar-refractivity contribution in [2.24, 2.45) is 0 Å². The van der Waals surface area contributed by atoms with Crippen LogP contribution < -0.4 is 10.6 Å². The van der Waals surface area contributed by atoms with E-state index in [4.69, 9.17) is 34.8 Å². The van der Waals surface area contributed by atoms with Crippen LogP contribution >= 0.6 is 34.8 Å². The van der Waals surface area contributed by atoms with Gasteiger partial charge >= 0.3 is 0 Å². The van der Waals surface area contributed by atoms with Crippen molar-refractivity contribution < 1.29 is 9.59 Å². The Morgan fingerprint density at radius 2 is 1.50 bits per heavy atom. The summed E-state index contributed by atoms with van der Waals surface area (Å²) in [6, 6.07) is 12.2. The second-order valence-electron chi connectivity index (χ2n) is 5.05. The summed E-state index contributed by atoms with van der Waals surface area (Å²) in [5, 5.41) is 6.54. The molecule has 4 nitrogen and oxygen atoms in total. The van der Waals surface area contributed by atoms with E-state index >= 15 is 0 Å². The lowest BCUT2D eigenvalue weighted by Crippen LogP contribution is -2.29. The normalized spacial score (nSPS) is 10.3. The maximum absolute atomic E-state index is 11.9. The van der Waals surface area contributed by atoms with Crippen LogP contribution in [-0.4, -0.2) is 18.4 Å². The fraction of sp³-hybridized carbons (Fsp3) is 0.176. The van der Waals surface area contributed by atoms with E-state index in [9.17, 15) is 9.59 Å². The Kier molecular flexibility index (Phi) is 6.91. The minimum Gasteiger partial charge on any atom is -0.355 e. The summed E-state index contributed by atoms with van der Waals surface area (Å²) in [5.74, 6) is -0.848. The van der Waals surface area contributed by atoms with Crippen molar-refractivity contribution in [3.63, 3.8) is 0 Å². The Bertz CT molecular complexity index is 713. The van der Waals surface area contributed by atoms with Crippen LogP contribution in [-0.2, 0) is 16.0 Å². The number of anilines is 1. The zero-order valence-electron chi connectivity index (χ0n) is 12.6.